The van der Waals surface area contributed by atoms with Crippen molar-refractivity contribution in [2.24, 2.45) is 5.92 Å². The van der Waals surface area contributed by atoms with Gasteiger partial charge in [-0.15, -0.1) is 0 Å². The fourth-order valence-corrected chi connectivity index (χ4v) is 3.17. The summed E-state index contributed by atoms with van der Waals surface area (Å²) in [7, 11) is 0. The summed E-state index contributed by atoms with van der Waals surface area (Å²) < 4.78 is 5.64. The third-order valence-corrected chi connectivity index (χ3v) is 4.73. The number of hydrogen-bond donors (Lipinski definition) is 0. The second-order valence-electron chi connectivity index (χ2n) is 6.86. The van der Waals surface area contributed by atoms with Crippen LogP contribution in [0.2, 0.25) is 0 Å². The maximum absolute atomic E-state index is 12.0. The summed E-state index contributed by atoms with van der Waals surface area (Å²) in [5.41, 5.74) is 0. The first-order chi connectivity index (χ1) is 10.2. The van der Waals surface area contributed by atoms with Gasteiger partial charge in [0.05, 0.1) is 5.92 Å². The average molecular weight is 296 g/mol. The summed E-state index contributed by atoms with van der Waals surface area (Å²) in [6.45, 7) is 4.29. The Bertz CT molecular complexity index is 256. The highest BCUT2D eigenvalue weighted by atomic mass is 16.5. The molecule has 1 saturated carbocycles. The molecule has 0 saturated heterocycles. The number of ether oxygens (including phenoxy) is 1. The van der Waals surface area contributed by atoms with Crippen molar-refractivity contribution >= 4 is 5.97 Å². The van der Waals surface area contributed by atoms with Gasteiger partial charge < -0.3 is 4.74 Å². The second-order valence-corrected chi connectivity index (χ2v) is 6.86. The second kappa shape index (κ2) is 12.1. The van der Waals surface area contributed by atoms with E-state index in [2.05, 4.69) is 6.92 Å². The number of esters is 1. The van der Waals surface area contributed by atoms with Crippen LogP contribution in [0, 0.1) is 5.92 Å². The molecule has 0 bridgehead atoms. The SMILES string of the molecule is CCCCCCCCCCC(C)C(=O)OC1CCCCC1. The first-order valence-electron chi connectivity index (χ1n) is 9.44. The van der Waals surface area contributed by atoms with Crippen LogP contribution in [0.4, 0.5) is 0 Å². The van der Waals surface area contributed by atoms with Gasteiger partial charge in [0.15, 0.2) is 0 Å². The molecule has 1 atom stereocenters. The van der Waals surface area contributed by atoms with Crippen LogP contribution >= 0.6 is 0 Å². The van der Waals surface area contributed by atoms with Crippen LogP contribution in [0.25, 0.3) is 0 Å². The van der Waals surface area contributed by atoms with Gasteiger partial charge in [0.1, 0.15) is 6.10 Å². The molecule has 0 N–H and O–H groups in total. The molecule has 1 rings (SSSR count). The molecule has 0 aromatic heterocycles. The van der Waals surface area contributed by atoms with E-state index in [0.717, 1.165) is 19.3 Å². The monoisotopic (exact) mass is 296 g/mol. The Morgan fingerprint density at radius 1 is 0.952 bits per heavy atom. The van der Waals surface area contributed by atoms with Crippen molar-refractivity contribution < 1.29 is 9.53 Å². The van der Waals surface area contributed by atoms with Crippen LogP contribution in [0.1, 0.15) is 104 Å². The smallest absolute Gasteiger partial charge is 0.308 e. The van der Waals surface area contributed by atoms with E-state index in [-0.39, 0.29) is 18.0 Å². The molecule has 0 radical (unpaired) electrons. The summed E-state index contributed by atoms with van der Waals surface area (Å²) in [6, 6.07) is 0. The zero-order valence-electron chi connectivity index (χ0n) is 14.4. The van der Waals surface area contributed by atoms with Crippen molar-refractivity contribution in [3.8, 4) is 0 Å². The van der Waals surface area contributed by atoms with Crippen LogP contribution in [-0.2, 0) is 9.53 Å². The maximum atomic E-state index is 12.0. The van der Waals surface area contributed by atoms with E-state index in [4.69, 9.17) is 4.74 Å². The summed E-state index contributed by atoms with van der Waals surface area (Å²) in [6.07, 6.45) is 17.7. The Morgan fingerprint density at radius 2 is 1.52 bits per heavy atom. The van der Waals surface area contributed by atoms with Gasteiger partial charge in [-0.2, -0.15) is 0 Å². The van der Waals surface area contributed by atoms with Crippen LogP contribution in [-0.4, -0.2) is 12.1 Å². The molecule has 0 spiro atoms. The van der Waals surface area contributed by atoms with E-state index >= 15 is 0 Å². The molecular formula is C19H36O2. The highest BCUT2D eigenvalue weighted by Crippen LogP contribution is 2.22. The zero-order valence-corrected chi connectivity index (χ0v) is 14.4. The predicted octanol–water partition coefficient (Wildman–Crippen LogP) is 6.03. The molecule has 2 nitrogen and oxygen atoms in total. The van der Waals surface area contributed by atoms with E-state index in [0.29, 0.717) is 0 Å². The lowest BCUT2D eigenvalue weighted by Crippen LogP contribution is -2.24. The number of hydrogen-bond acceptors (Lipinski definition) is 2. The van der Waals surface area contributed by atoms with Gasteiger partial charge in [0.25, 0.3) is 0 Å². The minimum atomic E-state index is 0.0462. The van der Waals surface area contributed by atoms with Crippen LogP contribution in [0.5, 0.6) is 0 Å². The molecule has 1 aliphatic carbocycles. The van der Waals surface area contributed by atoms with Gasteiger partial charge >= 0.3 is 5.97 Å². The standard InChI is InChI=1S/C19H36O2/c1-3-4-5-6-7-8-9-11-14-17(2)19(20)21-18-15-12-10-13-16-18/h17-18H,3-16H2,1-2H3. The van der Waals surface area contributed by atoms with Gasteiger partial charge in [0, 0.05) is 0 Å². The van der Waals surface area contributed by atoms with Gasteiger partial charge in [-0.25, -0.2) is 0 Å². The van der Waals surface area contributed by atoms with Crippen molar-refractivity contribution in [1.29, 1.82) is 0 Å². The van der Waals surface area contributed by atoms with Gasteiger partial charge in [-0.05, 0) is 32.1 Å². The fourth-order valence-electron chi connectivity index (χ4n) is 3.17. The molecule has 1 aliphatic rings. The van der Waals surface area contributed by atoms with Crippen molar-refractivity contribution in [3.05, 3.63) is 0 Å². The highest BCUT2D eigenvalue weighted by molar-refractivity contribution is 5.72. The fraction of sp³-hybridized carbons (Fsp3) is 0.947. The lowest BCUT2D eigenvalue weighted by Gasteiger charge is -2.23. The lowest BCUT2D eigenvalue weighted by molar-refractivity contribution is -0.155. The lowest BCUT2D eigenvalue weighted by atomic mass is 9.97. The summed E-state index contributed by atoms with van der Waals surface area (Å²) in [5.74, 6) is 0.136. The Morgan fingerprint density at radius 3 is 2.14 bits per heavy atom. The molecule has 0 aromatic rings. The number of carbonyl (C=O) groups is 1. The molecule has 1 unspecified atom stereocenters. The van der Waals surface area contributed by atoms with Crippen molar-refractivity contribution in [3.63, 3.8) is 0 Å². The van der Waals surface area contributed by atoms with E-state index in [1.54, 1.807) is 0 Å². The Kier molecular flexibility index (Phi) is 10.6. The third-order valence-electron chi connectivity index (χ3n) is 4.73. The first-order valence-corrected chi connectivity index (χ1v) is 9.44. The van der Waals surface area contributed by atoms with Gasteiger partial charge in [0.2, 0.25) is 0 Å². The normalized spacial score (nSPS) is 17.6. The maximum Gasteiger partial charge on any atom is 0.308 e. The van der Waals surface area contributed by atoms with Gasteiger partial charge in [-0.1, -0.05) is 71.6 Å². The number of carbonyl (C=O) groups excluding carboxylic acids is 1. The Balaban J connectivity index is 1.96. The van der Waals surface area contributed by atoms with Crippen molar-refractivity contribution in [1.82, 2.24) is 0 Å². The molecule has 0 amide bonds. The van der Waals surface area contributed by atoms with Gasteiger partial charge in [-0.3, -0.25) is 4.79 Å². The van der Waals surface area contributed by atoms with E-state index in [1.165, 1.54) is 70.6 Å². The number of unbranched alkanes of at least 4 members (excludes halogenated alkanes) is 7. The minimum absolute atomic E-state index is 0.0462. The van der Waals surface area contributed by atoms with Crippen molar-refractivity contribution in [2.75, 3.05) is 0 Å². The molecule has 2 heteroatoms. The minimum Gasteiger partial charge on any atom is -0.462 e. The highest BCUT2D eigenvalue weighted by Gasteiger charge is 2.21. The summed E-state index contributed by atoms with van der Waals surface area (Å²) >= 11 is 0. The molecule has 0 aliphatic heterocycles. The average Bonchev–Trinajstić information content (AvgIpc) is 2.50. The first kappa shape index (κ1) is 18.5. The van der Waals surface area contributed by atoms with Crippen molar-refractivity contribution in [2.45, 2.75) is 110 Å². The molecule has 0 heterocycles. The van der Waals surface area contributed by atoms with E-state index < -0.39 is 0 Å². The quantitative estimate of drug-likeness (QED) is 0.344. The largest absolute Gasteiger partial charge is 0.462 e. The predicted molar refractivity (Wildman–Crippen MR) is 89.4 cm³/mol. The molecule has 124 valence electrons. The molecule has 1 fully saturated rings. The topological polar surface area (TPSA) is 26.3 Å². The van der Waals surface area contributed by atoms with E-state index in [9.17, 15) is 4.79 Å². The molecule has 21 heavy (non-hydrogen) atoms. The van der Waals surface area contributed by atoms with Crippen LogP contribution < -0.4 is 0 Å². The summed E-state index contributed by atoms with van der Waals surface area (Å²) in [4.78, 5) is 12.0. The molecule has 0 aromatic carbocycles. The van der Waals surface area contributed by atoms with Crippen LogP contribution in [0.15, 0.2) is 0 Å². The Labute approximate surface area is 132 Å². The molecular weight excluding hydrogens is 260 g/mol. The number of rotatable bonds is 11. The third kappa shape index (κ3) is 9.16. The Hall–Kier alpha value is -0.530. The van der Waals surface area contributed by atoms with E-state index in [1.807, 2.05) is 6.92 Å². The zero-order chi connectivity index (χ0) is 15.3. The van der Waals surface area contributed by atoms with Crippen LogP contribution in [0.3, 0.4) is 0 Å². The summed E-state index contributed by atoms with van der Waals surface area (Å²) in [5, 5.41) is 0.